The summed E-state index contributed by atoms with van der Waals surface area (Å²) in [6.45, 7) is 2.04. The lowest BCUT2D eigenvalue weighted by Crippen LogP contribution is -2.21. The SMILES string of the molecule is CC(=O)Oc1ccc2c(CSC(=S)NCCc3c[nH]c4ccccc34)cc(=O)oc2c1. The fourth-order valence-corrected chi connectivity index (χ4v) is 4.40. The Morgan fingerprint density at radius 1 is 1.16 bits per heavy atom. The van der Waals surface area contributed by atoms with Gasteiger partial charge in [-0.25, -0.2) is 4.79 Å². The Morgan fingerprint density at radius 3 is 2.84 bits per heavy atom. The maximum absolute atomic E-state index is 12.0. The summed E-state index contributed by atoms with van der Waals surface area (Å²) in [4.78, 5) is 26.4. The van der Waals surface area contributed by atoms with E-state index in [0.29, 0.717) is 21.4 Å². The second-order valence-corrected chi connectivity index (χ2v) is 8.61. The molecule has 0 bridgehead atoms. The second-order valence-electron chi connectivity index (χ2n) is 6.95. The highest BCUT2D eigenvalue weighted by molar-refractivity contribution is 8.22. The van der Waals surface area contributed by atoms with Gasteiger partial charge in [-0.3, -0.25) is 4.79 Å². The number of fused-ring (bicyclic) bond motifs is 2. The van der Waals surface area contributed by atoms with E-state index in [2.05, 4.69) is 22.4 Å². The predicted molar refractivity (Wildman–Crippen MR) is 128 cm³/mol. The molecular weight excluding hydrogens is 432 g/mol. The maximum atomic E-state index is 12.0. The summed E-state index contributed by atoms with van der Waals surface area (Å²) in [5.41, 5.74) is 3.10. The van der Waals surface area contributed by atoms with E-state index >= 15 is 0 Å². The Morgan fingerprint density at radius 2 is 2.00 bits per heavy atom. The van der Waals surface area contributed by atoms with Gasteiger partial charge in [-0.2, -0.15) is 0 Å². The summed E-state index contributed by atoms with van der Waals surface area (Å²) >= 11 is 6.91. The first-order chi connectivity index (χ1) is 15.0. The molecule has 0 aliphatic rings. The molecule has 0 spiro atoms. The summed E-state index contributed by atoms with van der Waals surface area (Å²) in [5.74, 6) is 0.424. The molecule has 0 atom stereocenters. The third-order valence-electron chi connectivity index (χ3n) is 4.76. The van der Waals surface area contributed by atoms with Crippen LogP contribution in [0.15, 0.2) is 63.9 Å². The number of carbonyl (C=O) groups is 1. The molecule has 0 unspecified atom stereocenters. The molecule has 6 nitrogen and oxygen atoms in total. The van der Waals surface area contributed by atoms with Gasteiger partial charge in [-0.1, -0.05) is 42.2 Å². The summed E-state index contributed by atoms with van der Waals surface area (Å²) in [6.07, 6.45) is 2.88. The molecular formula is C23H20N2O4S2. The lowest BCUT2D eigenvalue weighted by molar-refractivity contribution is -0.131. The average Bonchev–Trinajstić information content (AvgIpc) is 3.14. The highest BCUT2D eigenvalue weighted by Gasteiger charge is 2.10. The van der Waals surface area contributed by atoms with E-state index in [1.807, 2.05) is 18.3 Å². The number of esters is 1. The first-order valence-corrected chi connectivity index (χ1v) is 11.1. The standard InChI is InChI=1S/C23H20N2O4S2/c1-14(26)28-17-6-7-19-16(10-22(27)29-21(19)11-17)13-31-23(30)24-9-8-15-12-25-20-5-3-2-4-18(15)20/h2-7,10-12,25H,8-9,13H2,1H3,(H,24,30). The Kier molecular flexibility index (Phi) is 6.39. The Labute approximate surface area is 188 Å². The van der Waals surface area contributed by atoms with Gasteiger partial charge in [0, 0.05) is 53.8 Å². The van der Waals surface area contributed by atoms with Gasteiger partial charge < -0.3 is 19.5 Å². The van der Waals surface area contributed by atoms with Crippen molar-refractivity contribution >= 4 is 56.1 Å². The molecule has 0 aliphatic carbocycles. The van der Waals surface area contributed by atoms with E-state index in [4.69, 9.17) is 21.4 Å². The van der Waals surface area contributed by atoms with Gasteiger partial charge in [0.25, 0.3) is 0 Å². The van der Waals surface area contributed by atoms with Gasteiger partial charge in [0.1, 0.15) is 15.7 Å². The second kappa shape index (κ2) is 9.36. The summed E-state index contributed by atoms with van der Waals surface area (Å²) in [5, 5.41) is 5.27. The fourth-order valence-electron chi connectivity index (χ4n) is 3.39. The van der Waals surface area contributed by atoms with Crippen molar-refractivity contribution in [1.29, 1.82) is 0 Å². The predicted octanol–water partition coefficient (Wildman–Crippen LogP) is 4.55. The van der Waals surface area contributed by atoms with Crippen LogP contribution < -0.4 is 15.7 Å². The van der Waals surface area contributed by atoms with Crippen molar-refractivity contribution in [3.63, 3.8) is 0 Å². The van der Waals surface area contributed by atoms with Gasteiger partial charge in [0.2, 0.25) is 0 Å². The largest absolute Gasteiger partial charge is 0.427 e. The number of aromatic nitrogens is 1. The zero-order valence-corrected chi connectivity index (χ0v) is 18.4. The lowest BCUT2D eigenvalue weighted by Gasteiger charge is -2.09. The number of thiocarbonyl (C=S) groups is 1. The minimum atomic E-state index is -0.457. The van der Waals surface area contributed by atoms with E-state index in [-0.39, 0.29) is 0 Å². The number of nitrogens with one attached hydrogen (secondary N) is 2. The van der Waals surface area contributed by atoms with Crippen molar-refractivity contribution < 1.29 is 13.9 Å². The number of hydrogen-bond donors (Lipinski definition) is 2. The molecule has 0 aliphatic heterocycles. The van der Waals surface area contributed by atoms with Crippen molar-refractivity contribution in [2.45, 2.75) is 19.1 Å². The van der Waals surface area contributed by atoms with Crippen LogP contribution in [-0.4, -0.2) is 21.8 Å². The van der Waals surface area contributed by atoms with Crippen LogP contribution in [-0.2, 0) is 17.0 Å². The smallest absolute Gasteiger partial charge is 0.336 e. The molecule has 2 N–H and O–H groups in total. The topological polar surface area (TPSA) is 84.3 Å². The molecule has 0 saturated carbocycles. The molecule has 31 heavy (non-hydrogen) atoms. The molecule has 0 fully saturated rings. The van der Waals surface area contributed by atoms with Gasteiger partial charge in [-0.05, 0) is 35.7 Å². The number of thioether (sulfide) groups is 1. The molecule has 2 aromatic heterocycles. The van der Waals surface area contributed by atoms with Crippen molar-refractivity contribution in [3.8, 4) is 5.75 Å². The number of hydrogen-bond acceptors (Lipinski definition) is 6. The summed E-state index contributed by atoms with van der Waals surface area (Å²) in [7, 11) is 0. The van der Waals surface area contributed by atoms with Crippen LogP contribution in [0.4, 0.5) is 0 Å². The maximum Gasteiger partial charge on any atom is 0.336 e. The van der Waals surface area contributed by atoms with E-state index < -0.39 is 11.6 Å². The molecule has 4 rings (SSSR count). The number of H-pyrrole nitrogens is 1. The average molecular weight is 453 g/mol. The van der Waals surface area contributed by atoms with E-state index in [1.54, 1.807) is 18.2 Å². The van der Waals surface area contributed by atoms with Crippen LogP contribution in [0, 0.1) is 0 Å². The normalized spacial score (nSPS) is 11.0. The molecule has 0 radical (unpaired) electrons. The third-order valence-corrected chi connectivity index (χ3v) is 6.12. The number of benzene rings is 2. The van der Waals surface area contributed by atoms with Crippen molar-refractivity contribution in [1.82, 2.24) is 10.3 Å². The molecule has 2 aromatic carbocycles. The minimum absolute atomic E-state index is 0.336. The Hall–Kier alpha value is -3.10. The van der Waals surface area contributed by atoms with Crippen molar-refractivity contribution in [3.05, 3.63) is 76.3 Å². The zero-order valence-electron chi connectivity index (χ0n) is 16.8. The van der Waals surface area contributed by atoms with E-state index in [9.17, 15) is 9.59 Å². The molecule has 0 saturated heterocycles. The number of ether oxygens (including phenoxy) is 1. The Balaban J connectivity index is 1.37. The number of aromatic amines is 1. The zero-order chi connectivity index (χ0) is 21.8. The first kappa shape index (κ1) is 21.1. The highest BCUT2D eigenvalue weighted by Crippen LogP contribution is 2.26. The fraction of sp³-hybridized carbons (Fsp3) is 0.174. The molecule has 2 heterocycles. The summed E-state index contributed by atoms with van der Waals surface area (Å²) < 4.78 is 11.0. The first-order valence-electron chi connectivity index (χ1n) is 9.70. The van der Waals surface area contributed by atoms with Crippen LogP contribution in [0.2, 0.25) is 0 Å². The van der Waals surface area contributed by atoms with Crippen LogP contribution in [0.5, 0.6) is 5.75 Å². The highest BCUT2D eigenvalue weighted by atomic mass is 32.2. The number of para-hydroxylation sites is 1. The molecule has 8 heteroatoms. The molecule has 4 aromatic rings. The monoisotopic (exact) mass is 452 g/mol. The van der Waals surface area contributed by atoms with Crippen LogP contribution in [0.25, 0.3) is 21.9 Å². The van der Waals surface area contributed by atoms with E-state index in [1.165, 1.54) is 35.7 Å². The Bertz CT molecular complexity index is 1330. The van der Waals surface area contributed by atoms with Crippen LogP contribution in [0.3, 0.4) is 0 Å². The van der Waals surface area contributed by atoms with Crippen LogP contribution in [0.1, 0.15) is 18.1 Å². The summed E-state index contributed by atoms with van der Waals surface area (Å²) in [6, 6.07) is 14.7. The molecule has 0 amide bonds. The quantitative estimate of drug-likeness (QED) is 0.192. The van der Waals surface area contributed by atoms with Gasteiger partial charge >= 0.3 is 11.6 Å². The van der Waals surface area contributed by atoms with Gasteiger partial charge in [-0.15, -0.1) is 0 Å². The third kappa shape index (κ3) is 5.15. The van der Waals surface area contributed by atoms with Crippen LogP contribution >= 0.6 is 24.0 Å². The van der Waals surface area contributed by atoms with Crippen molar-refractivity contribution in [2.24, 2.45) is 0 Å². The van der Waals surface area contributed by atoms with Gasteiger partial charge in [0.05, 0.1) is 0 Å². The van der Waals surface area contributed by atoms with Crippen molar-refractivity contribution in [2.75, 3.05) is 6.54 Å². The molecule has 158 valence electrons. The van der Waals surface area contributed by atoms with E-state index in [0.717, 1.165) is 29.4 Å². The number of carbonyl (C=O) groups excluding carboxylic acids is 1. The lowest BCUT2D eigenvalue weighted by atomic mass is 10.1. The number of rotatable bonds is 6. The minimum Gasteiger partial charge on any atom is -0.427 e. The van der Waals surface area contributed by atoms with Gasteiger partial charge in [0.15, 0.2) is 0 Å².